The molecule has 0 spiro atoms. The maximum atomic E-state index is 12.4. The van der Waals surface area contributed by atoms with E-state index in [1.807, 2.05) is 12.1 Å². The molecular formula is C19H18Cl2N2O2. The Balaban J connectivity index is 1.60. The molecular weight excluding hydrogens is 359 g/mol. The van der Waals surface area contributed by atoms with Crippen molar-refractivity contribution in [1.29, 1.82) is 0 Å². The van der Waals surface area contributed by atoms with Gasteiger partial charge in [-0.25, -0.2) is 0 Å². The highest BCUT2D eigenvalue weighted by Crippen LogP contribution is 2.25. The maximum Gasteiger partial charge on any atom is 0.246 e. The van der Waals surface area contributed by atoms with E-state index in [2.05, 4.69) is 4.90 Å². The van der Waals surface area contributed by atoms with Crippen molar-refractivity contribution in [2.75, 3.05) is 31.1 Å². The fraction of sp³-hybridized carbons (Fsp3) is 0.211. The Morgan fingerprint density at radius 3 is 2.16 bits per heavy atom. The third-order valence-electron chi connectivity index (χ3n) is 4.20. The number of benzene rings is 2. The maximum absolute atomic E-state index is 12.4. The van der Waals surface area contributed by atoms with Crippen LogP contribution in [0.15, 0.2) is 48.5 Å². The Kier molecular flexibility index (Phi) is 5.51. The summed E-state index contributed by atoms with van der Waals surface area (Å²) in [6.45, 7) is 2.77. The van der Waals surface area contributed by atoms with Crippen LogP contribution in [0.25, 0.3) is 6.08 Å². The minimum Gasteiger partial charge on any atom is -0.508 e. The minimum atomic E-state index is -0.0543. The number of phenols is 1. The van der Waals surface area contributed by atoms with E-state index in [0.29, 0.717) is 28.7 Å². The average Bonchev–Trinajstić information content (AvgIpc) is 2.62. The third kappa shape index (κ3) is 4.27. The molecule has 1 heterocycles. The normalized spacial score (nSPS) is 15.0. The van der Waals surface area contributed by atoms with Crippen LogP contribution in [0.4, 0.5) is 5.69 Å². The predicted molar refractivity (Wildman–Crippen MR) is 102 cm³/mol. The van der Waals surface area contributed by atoms with Crippen LogP contribution >= 0.6 is 23.2 Å². The van der Waals surface area contributed by atoms with Gasteiger partial charge in [0, 0.05) is 53.6 Å². The molecule has 0 atom stereocenters. The van der Waals surface area contributed by atoms with E-state index >= 15 is 0 Å². The van der Waals surface area contributed by atoms with Crippen LogP contribution < -0.4 is 4.90 Å². The molecule has 1 amide bonds. The summed E-state index contributed by atoms with van der Waals surface area (Å²) in [6.07, 6.45) is 3.18. The highest BCUT2D eigenvalue weighted by Gasteiger charge is 2.20. The van der Waals surface area contributed by atoms with Crippen molar-refractivity contribution in [3.8, 4) is 5.75 Å². The highest BCUT2D eigenvalue weighted by atomic mass is 35.5. The lowest BCUT2D eigenvalue weighted by Gasteiger charge is -2.35. The van der Waals surface area contributed by atoms with Crippen LogP contribution in [-0.4, -0.2) is 42.1 Å². The monoisotopic (exact) mass is 376 g/mol. The van der Waals surface area contributed by atoms with Gasteiger partial charge < -0.3 is 14.9 Å². The molecule has 6 heteroatoms. The topological polar surface area (TPSA) is 43.8 Å². The zero-order valence-corrected chi connectivity index (χ0v) is 15.0. The Hall–Kier alpha value is -2.17. The third-order valence-corrected chi connectivity index (χ3v) is 4.86. The van der Waals surface area contributed by atoms with Crippen LogP contribution in [0.1, 0.15) is 5.56 Å². The van der Waals surface area contributed by atoms with Crippen LogP contribution in [0, 0.1) is 0 Å². The standard InChI is InChI=1S/C19H18Cl2N2O2/c20-17-2-1-3-18(21)16(17)8-9-19(25)23-12-10-22(11-13-23)14-4-6-15(24)7-5-14/h1-9,24H,10-13H2/b9-8+. The molecule has 1 fully saturated rings. The summed E-state index contributed by atoms with van der Waals surface area (Å²) >= 11 is 12.2. The van der Waals surface area contributed by atoms with Gasteiger partial charge in [0.25, 0.3) is 0 Å². The number of hydrogen-bond acceptors (Lipinski definition) is 3. The van der Waals surface area contributed by atoms with Gasteiger partial charge >= 0.3 is 0 Å². The van der Waals surface area contributed by atoms with Gasteiger partial charge in [-0.1, -0.05) is 29.3 Å². The van der Waals surface area contributed by atoms with E-state index in [-0.39, 0.29) is 11.7 Å². The summed E-state index contributed by atoms with van der Waals surface area (Å²) in [5.41, 5.74) is 1.70. The first-order valence-corrected chi connectivity index (χ1v) is 8.75. The van der Waals surface area contributed by atoms with Crippen molar-refractivity contribution >= 4 is 40.9 Å². The van der Waals surface area contributed by atoms with E-state index in [0.717, 1.165) is 18.8 Å². The Labute approximate surface area is 156 Å². The zero-order chi connectivity index (χ0) is 17.8. The number of anilines is 1. The molecule has 1 aliphatic rings. The van der Waals surface area contributed by atoms with Gasteiger partial charge in [-0.3, -0.25) is 4.79 Å². The molecule has 1 saturated heterocycles. The molecule has 0 bridgehead atoms. The van der Waals surface area contributed by atoms with E-state index in [1.54, 1.807) is 41.3 Å². The van der Waals surface area contributed by atoms with Gasteiger partial charge in [0.1, 0.15) is 5.75 Å². The fourth-order valence-corrected chi connectivity index (χ4v) is 3.30. The van der Waals surface area contributed by atoms with Gasteiger partial charge in [-0.05, 0) is 42.5 Å². The number of halogens is 2. The number of rotatable bonds is 3. The Morgan fingerprint density at radius 1 is 0.960 bits per heavy atom. The van der Waals surface area contributed by atoms with E-state index in [1.165, 1.54) is 6.08 Å². The fourth-order valence-electron chi connectivity index (χ4n) is 2.78. The number of phenolic OH excluding ortho intramolecular Hbond substituents is 1. The quantitative estimate of drug-likeness (QED) is 0.821. The van der Waals surface area contributed by atoms with Gasteiger partial charge in [-0.15, -0.1) is 0 Å². The van der Waals surface area contributed by atoms with Gasteiger partial charge in [0.05, 0.1) is 0 Å². The predicted octanol–water partition coefficient (Wildman–Crippen LogP) is 4.06. The molecule has 2 aromatic carbocycles. The second kappa shape index (κ2) is 7.81. The molecule has 0 saturated carbocycles. The molecule has 0 radical (unpaired) electrons. The Bertz CT molecular complexity index is 762. The van der Waals surface area contributed by atoms with Gasteiger partial charge in [0.2, 0.25) is 5.91 Å². The number of piperazine rings is 1. The summed E-state index contributed by atoms with van der Waals surface area (Å²) < 4.78 is 0. The minimum absolute atomic E-state index is 0.0543. The lowest BCUT2D eigenvalue weighted by atomic mass is 10.2. The first-order valence-electron chi connectivity index (χ1n) is 7.99. The number of hydrogen-bond donors (Lipinski definition) is 1. The van der Waals surface area contributed by atoms with Crippen LogP contribution in [0.3, 0.4) is 0 Å². The van der Waals surface area contributed by atoms with Crippen molar-refractivity contribution in [2.24, 2.45) is 0 Å². The first kappa shape index (κ1) is 17.6. The second-order valence-corrected chi connectivity index (χ2v) is 6.61. The van der Waals surface area contributed by atoms with Crippen LogP contribution in [0.5, 0.6) is 5.75 Å². The lowest BCUT2D eigenvalue weighted by Crippen LogP contribution is -2.48. The Morgan fingerprint density at radius 2 is 1.56 bits per heavy atom. The van der Waals surface area contributed by atoms with Crippen LogP contribution in [0.2, 0.25) is 10.0 Å². The molecule has 130 valence electrons. The van der Waals surface area contributed by atoms with E-state index in [4.69, 9.17) is 23.2 Å². The lowest BCUT2D eigenvalue weighted by molar-refractivity contribution is -0.126. The molecule has 3 rings (SSSR count). The number of nitrogens with zero attached hydrogens (tertiary/aromatic N) is 2. The van der Waals surface area contributed by atoms with Gasteiger partial charge in [0.15, 0.2) is 0 Å². The number of aromatic hydroxyl groups is 1. The van der Waals surface area contributed by atoms with Crippen molar-refractivity contribution in [3.63, 3.8) is 0 Å². The molecule has 0 unspecified atom stereocenters. The molecule has 2 aromatic rings. The van der Waals surface area contributed by atoms with Crippen molar-refractivity contribution in [2.45, 2.75) is 0 Å². The molecule has 0 aromatic heterocycles. The summed E-state index contributed by atoms with van der Waals surface area (Å²) in [4.78, 5) is 16.4. The summed E-state index contributed by atoms with van der Waals surface area (Å²) in [7, 11) is 0. The summed E-state index contributed by atoms with van der Waals surface area (Å²) in [5.74, 6) is 0.197. The van der Waals surface area contributed by atoms with Crippen molar-refractivity contribution in [1.82, 2.24) is 4.90 Å². The average molecular weight is 377 g/mol. The van der Waals surface area contributed by atoms with Crippen molar-refractivity contribution in [3.05, 3.63) is 64.1 Å². The largest absolute Gasteiger partial charge is 0.508 e. The molecule has 1 aliphatic heterocycles. The molecule has 0 aliphatic carbocycles. The highest BCUT2D eigenvalue weighted by molar-refractivity contribution is 6.37. The first-order chi connectivity index (χ1) is 12.0. The molecule has 4 nitrogen and oxygen atoms in total. The van der Waals surface area contributed by atoms with E-state index < -0.39 is 0 Å². The zero-order valence-electron chi connectivity index (χ0n) is 13.5. The SMILES string of the molecule is O=C(/C=C/c1c(Cl)cccc1Cl)N1CCN(c2ccc(O)cc2)CC1. The number of carbonyl (C=O) groups excluding carboxylic acids is 1. The smallest absolute Gasteiger partial charge is 0.246 e. The second-order valence-electron chi connectivity index (χ2n) is 5.80. The summed E-state index contributed by atoms with van der Waals surface area (Å²) in [5, 5.41) is 10.4. The van der Waals surface area contributed by atoms with Crippen molar-refractivity contribution < 1.29 is 9.90 Å². The van der Waals surface area contributed by atoms with Crippen LogP contribution in [-0.2, 0) is 4.79 Å². The van der Waals surface area contributed by atoms with E-state index in [9.17, 15) is 9.90 Å². The van der Waals surface area contributed by atoms with Gasteiger partial charge in [-0.2, -0.15) is 0 Å². The summed E-state index contributed by atoms with van der Waals surface area (Å²) in [6, 6.07) is 12.4. The molecule has 25 heavy (non-hydrogen) atoms. The number of carbonyl (C=O) groups is 1. The molecule has 1 N–H and O–H groups in total. The number of amides is 1.